The number of likely N-dealkylation sites (tertiary alicyclic amines) is 1. The molecule has 5 nitrogen and oxygen atoms in total. The summed E-state index contributed by atoms with van der Waals surface area (Å²) in [6, 6.07) is 3.68. The highest BCUT2D eigenvalue weighted by Gasteiger charge is 2.34. The Kier molecular flexibility index (Phi) is 4.49. The van der Waals surface area contributed by atoms with Gasteiger partial charge in [-0.25, -0.2) is 4.79 Å². The molecule has 0 aromatic heterocycles. The van der Waals surface area contributed by atoms with Crippen LogP contribution in [0.4, 0.5) is 0 Å². The second-order valence-corrected chi connectivity index (χ2v) is 5.13. The van der Waals surface area contributed by atoms with Crippen molar-refractivity contribution >= 4 is 23.5 Å². The van der Waals surface area contributed by atoms with E-state index in [1.54, 1.807) is 0 Å². The van der Waals surface area contributed by atoms with E-state index >= 15 is 0 Å². The Morgan fingerprint density at radius 1 is 1.40 bits per heavy atom. The molecule has 1 aliphatic heterocycles. The van der Waals surface area contributed by atoms with Gasteiger partial charge < -0.3 is 14.7 Å². The molecule has 1 unspecified atom stereocenters. The third-order valence-corrected chi connectivity index (χ3v) is 3.66. The Hall–Kier alpha value is -1.75. The number of hydrogen-bond acceptors (Lipinski definition) is 4. The molecule has 2 rings (SSSR count). The highest BCUT2D eigenvalue weighted by molar-refractivity contribution is 6.31. The number of rotatable bonds is 2. The average Bonchev–Trinajstić information content (AvgIpc) is 2.48. The van der Waals surface area contributed by atoms with Crippen LogP contribution >= 0.6 is 11.6 Å². The minimum atomic E-state index is -0.598. The lowest BCUT2D eigenvalue weighted by Gasteiger charge is -2.33. The monoisotopic (exact) mass is 297 g/mol. The van der Waals surface area contributed by atoms with Gasteiger partial charge in [-0.15, -0.1) is 0 Å². The van der Waals surface area contributed by atoms with Crippen molar-refractivity contribution in [1.29, 1.82) is 0 Å². The largest absolute Gasteiger partial charge is 0.507 e. The molecule has 1 aliphatic rings. The van der Waals surface area contributed by atoms with Gasteiger partial charge in [0.05, 0.1) is 12.7 Å². The fourth-order valence-corrected chi connectivity index (χ4v) is 2.56. The van der Waals surface area contributed by atoms with Crippen molar-refractivity contribution in [2.75, 3.05) is 13.7 Å². The first-order valence-electron chi connectivity index (χ1n) is 6.42. The molecule has 0 saturated carbocycles. The van der Waals surface area contributed by atoms with E-state index in [0.717, 1.165) is 12.8 Å². The molecular formula is C14H16ClNO4. The number of halogens is 1. The van der Waals surface area contributed by atoms with Crippen molar-refractivity contribution in [3.63, 3.8) is 0 Å². The Balaban J connectivity index is 2.30. The van der Waals surface area contributed by atoms with Crippen LogP contribution in [0.5, 0.6) is 5.75 Å². The molecule has 1 N–H and O–H groups in total. The average molecular weight is 298 g/mol. The Bertz CT molecular complexity index is 532. The first kappa shape index (κ1) is 14.7. The highest BCUT2D eigenvalue weighted by Crippen LogP contribution is 2.26. The van der Waals surface area contributed by atoms with E-state index < -0.39 is 17.9 Å². The third kappa shape index (κ3) is 2.88. The molecule has 0 aliphatic carbocycles. The standard InChI is InChI=1S/C14H16ClNO4/c1-20-14(19)11-4-2-3-7-16(11)13(18)10-8-9(15)5-6-12(10)17/h5-6,8,11,17H,2-4,7H2,1H3. The molecule has 0 radical (unpaired) electrons. The lowest BCUT2D eigenvalue weighted by Crippen LogP contribution is -2.48. The van der Waals surface area contributed by atoms with E-state index in [-0.39, 0.29) is 11.3 Å². The SMILES string of the molecule is COC(=O)C1CCCCN1C(=O)c1cc(Cl)ccc1O. The van der Waals surface area contributed by atoms with E-state index in [4.69, 9.17) is 16.3 Å². The molecule has 0 spiro atoms. The number of phenolic OH excluding ortho intramolecular Hbond substituents is 1. The van der Waals surface area contributed by atoms with Crippen molar-refractivity contribution < 1.29 is 19.4 Å². The number of aromatic hydroxyl groups is 1. The van der Waals surface area contributed by atoms with Crippen molar-refractivity contribution in [2.45, 2.75) is 25.3 Å². The van der Waals surface area contributed by atoms with E-state index in [9.17, 15) is 14.7 Å². The van der Waals surface area contributed by atoms with Crippen molar-refractivity contribution in [2.24, 2.45) is 0 Å². The number of carbonyl (C=O) groups excluding carboxylic acids is 2. The molecule has 1 atom stereocenters. The minimum Gasteiger partial charge on any atom is -0.507 e. The number of benzene rings is 1. The summed E-state index contributed by atoms with van der Waals surface area (Å²) in [6.07, 6.45) is 2.26. The minimum absolute atomic E-state index is 0.105. The van der Waals surface area contributed by atoms with Gasteiger partial charge in [-0.1, -0.05) is 11.6 Å². The zero-order chi connectivity index (χ0) is 14.7. The quantitative estimate of drug-likeness (QED) is 0.850. The van der Waals surface area contributed by atoms with E-state index in [0.29, 0.717) is 18.0 Å². The van der Waals surface area contributed by atoms with Crippen LogP contribution in [0.25, 0.3) is 0 Å². The van der Waals surface area contributed by atoms with Crippen LogP contribution in [-0.2, 0) is 9.53 Å². The Morgan fingerprint density at radius 3 is 2.85 bits per heavy atom. The lowest BCUT2D eigenvalue weighted by atomic mass is 10.0. The lowest BCUT2D eigenvalue weighted by molar-refractivity contribution is -0.147. The van der Waals surface area contributed by atoms with Gasteiger partial charge in [0, 0.05) is 11.6 Å². The van der Waals surface area contributed by atoms with E-state index in [1.807, 2.05) is 0 Å². The summed E-state index contributed by atoms with van der Waals surface area (Å²) < 4.78 is 4.74. The zero-order valence-electron chi connectivity index (χ0n) is 11.1. The van der Waals surface area contributed by atoms with Crippen molar-refractivity contribution in [3.05, 3.63) is 28.8 Å². The second-order valence-electron chi connectivity index (χ2n) is 4.69. The van der Waals surface area contributed by atoms with E-state index in [1.165, 1.54) is 30.2 Å². The number of phenols is 1. The molecule has 1 aromatic rings. The summed E-state index contributed by atoms with van der Waals surface area (Å²) in [7, 11) is 1.30. The summed E-state index contributed by atoms with van der Waals surface area (Å²) in [5.41, 5.74) is 0.105. The summed E-state index contributed by atoms with van der Waals surface area (Å²) in [5, 5.41) is 10.2. The predicted molar refractivity (Wildman–Crippen MR) is 73.8 cm³/mol. The first-order chi connectivity index (χ1) is 9.54. The van der Waals surface area contributed by atoms with Gasteiger partial charge >= 0.3 is 5.97 Å². The number of carbonyl (C=O) groups is 2. The molecule has 1 amide bonds. The molecule has 1 aromatic carbocycles. The molecule has 108 valence electrons. The van der Waals surface area contributed by atoms with E-state index in [2.05, 4.69) is 0 Å². The maximum absolute atomic E-state index is 12.5. The normalized spacial score (nSPS) is 18.7. The van der Waals surface area contributed by atoms with Crippen LogP contribution in [-0.4, -0.2) is 41.6 Å². The predicted octanol–water partition coefficient (Wildman–Crippen LogP) is 2.21. The molecule has 20 heavy (non-hydrogen) atoms. The number of nitrogens with zero attached hydrogens (tertiary/aromatic N) is 1. The smallest absolute Gasteiger partial charge is 0.328 e. The summed E-state index contributed by atoms with van der Waals surface area (Å²) >= 11 is 5.85. The summed E-state index contributed by atoms with van der Waals surface area (Å²) in [5.74, 6) is -0.978. The van der Waals surface area contributed by atoms with Crippen molar-refractivity contribution in [1.82, 2.24) is 4.90 Å². The Labute approximate surface area is 122 Å². The number of amides is 1. The second kappa shape index (κ2) is 6.13. The number of ether oxygens (including phenoxy) is 1. The summed E-state index contributed by atoms with van der Waals surface area (Å²) in [4.78, 5) is 25.7. The molecule has 1 saturated heterocycles. The van der Waals surface area contributed by atoms with Crippen LogP contribution in [0.15, 0.2) is 18.2 Å². The molecule has 1 fully saturated rings. The topological polar surface area (TPSA) is 66.8 Å². The molecular weight excluding hydrogens is 282 g/mol. The zero-order valence-corrected chi connectivity index (χ0v) is 11.9. The van der Waals surface area contributed by atoms with Gasteiger partial charge in [0.1, 0.15) is 11.8 Å². The maximum Gasteiger partial charge on any atom is 0.328 e. The third-order valence-electron chi connectivity index (χ3n) is 3.43. The van der Waals surface area contributed by atoms with Crippen LogP contribution in [0.2, 0.25) is 5.02 Å². The summed E-state index contributed by atoms with van der Waals surface area (Å²) in [6.45, 7) is 0.463. The van der Waals surface area contributed by atoms with Crippen LogP contribution < -0.4 is 0 Å². The molecule has 1 heterocycles. The van der Waals surface area contributed by atoms with Crippen molar-refractivity contribution in [3.8, 4) is 5.75 Å². The van der Waals surface area contributed by atoms with Gasteiger partial charge in [0.2, 0.25) is 0 Å². The maximum atomic E-state index is 12.5. The molecule has 0 bridgehead atoms. The van der Waals surface area contributed by atoms with Gasteiger partial charge in [-0.2, -0.15) is 0 Å². The van der Waals surface area contributed by atoms with Crippen LogP contribution in [0, 0.1) is 0 Å². The number of hydrogen-bond donors (Lipinski definition) is 1. The Morgan fingerprint density at radius 2 is 2.15 bits per heavy atom. The fourth-order valence-electron chi connectivity index (χ4n) is 2.39. The number of piperidine rings is 1. The first-order valence-corrected chi connectivity index (χ1v) is 6.79. The fraction of sp³-hybridized carbons (Fsp3) is 0.429. The van der Waals surface area contributed by atoms with Gasteiger partial charge in [0.25, 0.3) is 5.91 Å². The molecule has 6 heteroatoms. The van der Waals surface area contributed by atoms with Gasteiger partial charge in [-0.3, -0.25) is 4.79 Å². The van der Waals surface area contributed by atoms with Crippen LogP contribution in [0.1, 0.15) is 29.6 Å². The van der Waals surface area contributed by atoms with Crippen LogP contribution in [0.3, 0.4) is 0 Å². The number of methoxy groups -OCH3 is 1. The van der Waals surface area contributed by atoms with Gasteiger partial charge in [0.15, 0.2) is 0 Å². The number of esters is 1. The van der Waals surface area contributed by atoms with Gasteiger partial charge in [-0.05, 0) is 37.5 Å². The highest BCUT2D eigenvalue weighted by atomic mass is 35.5.